The molecule has 1 aliphatic rings. The summed E-state index contributed by atoms with van der Waals surface area (Å²) in [5.74, 6) is 0. The third-order valence-corrected chi connectivity index (χ3v) is 4.16. The van der Waals surface area contributed by atoms with Crippen LogP contribution in [0.1, 0.15) is 49.7 Å². The smallest absolute Gasteiger partial charge is 0.187 e. The molecule has 2 heterocycles. The highest BCUT2D eigenvalue weighted by Gasteiger charge is 2.15. The predicted octanol–water partition coefficient (Wildman–Crippen LogP) is 2.66. The maximum absolute atomic E-state index is 5.54. The SMILES string of the molecule is Cc1cc(/C=N\NC(=S)NC[C@H]2CCCO2)c(C)n1C(C)C. The minimum atomic E-state index is 0.272. The van der Waals surface area contributed by atoms with E-state index in [4.69, 9.17) is 17.0 Å². The molecule has 0 saturated carbocycles. The summed E-state index contributed by atoms with van der Waals surface area (Å²) >= 11 is 5.21. The van der Waals surface area contributed by atoms with Crippen molar-refractivity contribution in [2.75, 3.05) is 13.2 Å². The van der Waals surface area contributed by atoms with Crippen LogP contribution in [-0.4, -0.2) is 35.1 Å². The summed E-state index contributed by atoms with van der Waals surface area (Å²) < 4.78 is 7.84. The van der Waals surface area contributed by atoms with Crippen LogP contribution < -0.4 is 10.7 Å². The van der Waals surface area contributed by atoms with Gasteiger partial charge in [0.05, 0.1) is 12.3 Å². The number of nitrogens with zero attached hydrogens (tertiary/aromatic N) is 2. The fourth-order valence-corrected chi connectivity index (χ4v) is 3.08. The Bertz CT molecular complexity index is 545. The van der Waals surface area contributed by atoms with Gasteiger partial charge in [-0.2, -0.15) is 5.10 Å². The van der Waals surface area contributed by atoms with Gasteiger partial charge in [-0.25, -0.2) is 0 Å². The maximum Gasteiger partial charge on any atom is 0.187 e. The van der Waals surface area contributed by atoms with Crippen LogP contribution in [0.3, 0.4) is 0 Å². The molecule has 0 radical (unpaired) electrons. The quantitative estimate of drug-likeness (QED) is 0.497. The van der Waals surface area contributed by atoms with Crippen molar-refractivity contribution in [3.05, 3.63) is 23.0 Å². The van der Waals surface area contributed by atoms with Crippen LogP contribution in [0.15, 0.2) is 11.2 Å². The lowest BCUT2D eigenvalue weighted by molar-refractivity contribution is 0.114. The van der Waals surface area contributed by atoms with Crippen molar-refractivity contribution in [1.82, 2.24) is 15.3 Å². The number of ether oxygens (including phenoxy) is 1. The van der Waals surface area contributed by atoms with Gasteiger partial charge in [0.15, 0.2) is 5.11 Å². The van der Waals surface area contributed by atoms with E-state index >= 15 is 0 Å². The second kappa shape index (κ2) is 7.74. The lowest BCUT2D eigenvalue weighted by atomic mass is 10.2. The number of rotatable bonds is 5. The second-order valence-electron chi connectivity index (χ2n) is 6.01. The van der Waals surface area contributed by atoms with Crippen molar-refractivity contribution >= 4 is 23.5 Å². The van der Waals surface area contributed by atoms with Crippen LogP contribution in [0.25, 0.3) is 0 Å². The lowest BCUT2D eigenvalue weighted by Gasteiger charge is -2.13. The molecule has 2 rings (SSSR count). The van der Waals surface area contributed by atoms with E-state index in [0.717, 1.165) is 31.6 Å². The number of aryl methyl sites for hydroxylation is 1. The predicted molar refractivity (Wildman–Crippen MR) is 94.6 cm³/mol. The molecule has 122 valence electrons. The first kappa shape index (κ1) is 17.0. The minimum Gasteiger partial charge on any atom is -0.376 e. The van der Waals surface area contributed by atoms with E-state index in [-0.39, 0.29) is 6.10 Å². The molecule has 1 saturated heterocycles. The zero-order valence-electron chi connectivity index (χ0n) is 13.8. The van der Waals surface area contributed by atoms with Crippen LogP contribution >= 0.6 is 12.2 Å². The molecule has 22 heavy (non-hydrogen) atoms. The number of nitrogens with one attached hydrogen (secondary N) is 2. The first-order valence-corrected chi connectivity index (χ1v) is 8.26. The van der Waals surface area contributed by atoms with Crippen molar-refractivity contribution in [2.24, 2.45) is 5.10 Å². The Labute approximate surface area is 138 Å². The fraction of sp³-hybridized carbons (Fsp3) is 0.625. The van der Waals surface area contributed by atoms with Crippen LogP contribution in [0.2, 0.25) is 0 Å². The molecule has 0 aliphatic carbocycles. The second-order valence-corrected chi connectivity index (χ2v) is 6.41. The van der Waals surface area contributed by atoms with Gasteiger partial charge in [0.25, 0.3) is 0 Å². The topological polar surface area (TPSA) is 50.6 Å². The molecule has 2 N–H and O–H groups in total. The molecule has 1 aromatic rings. The van der Waals surface area contributed by atoms with E-state index in [0.29, 0.717) is 11.2 Å². The molecule has 0 spiro atoms. The van der Waals surface area contributed by atoms with Crippen molar-refractivity contribution in [3.8, 4) is 0 Å². The molecule has 0 bridgehead atoms. The highest BCUT2D eigenvalue weighted by atomic mass is 32.1. The van der Waals surface area contributed by atoms with E-state index < -0.39 is 0 Å². The average molecular weight is 322 g/mol. The summed E-state index contributed by atoms with van der Waals surface area (Å²) in [6.45, 7) is 10.2. The first-order chi connectivity index (χ1) is 10.5. The van der Waals surface area contributed by atoms with Gasteiger partial charge in [0.1, 0.15) is 0 Å². The van der Waals surface area contributed by atoms with E-state index in [1.165, 1.54) is 11.4 Å². The van der Waals surface area contributed by atoms with Crippen LogP contribution in [-0.2, 0) is 4.74 Å². The summed E-state index contributed by atoms with van der Waals surface area (Å²) in [5.41, 5.74) is 6.44. The number of hydrogen-bond donors (Lipinski definition) is 2. The molecular formula is C16H26N4OS. The zero-order valence-corrected chi connectivity index (χ0v) is 14.7. The van der Waals surface area contributed by atoms with Crippen molar-refractivity contribution in [2.45, 2.75) is 52.7 Å². The number of hydrogen-bond acceptors (Lipinski definition) is 3. The molecule has 0 aromatic carbocycles. The van der Waals surface area contributed by atoms with Gasteiger partial charge in [0.2, 0.25) is 0 Å². The summed E-state index contributed by atoms with van der Waals surface area (Å²) in [6, 6.07) is 2.59. The Morgan fingerprint density at radius 1 is 1.55 bits per heavy atom. The number of thiocarbonyl (C=S) groups is 1. The third-order valence-electron chi connectivity index (χ3n) is 3.92. The van der Waals surface area contributed by atoms with Gasteiger partial charge in [-0.3, -0.25) is 5.43 Å². The van der Waals surface area contributed by atoms with Gasteiger partial charge in [-0.15, -0.1) is 0 Å². The lowest BCUT2D eigenvalue weighted by Crippen LogP contribution is -2.37. The molecule has 1 aliphatic heterocycles. The van der Waals surface area contributed by atoms with Crippen molar-refractivity contribution in [1.29, 1.82) is 0 Å². The third kappa shape index (κ3) is 4.30. The first-order valence-electron chi connectivity index (χ1n) is 7.86. The van der Waals surface area contributed by atoms with Gasteiger partial charge in [-0.05, 0) is 58.8 Å². The molecule has 1 atom stereocenters. The number of aromatic nitrogens is 1. The normalized spacial score (nSPS) is 18.3. The Balaban J connectivity index is 1.84. The van der Waals surface area contributed by atoms with Crippen LogP contribution in [0.5, 0.6) is 0 Å². The largest absolute Gasteiger partial charge is 0.376 e. The molecule has 1 aromatic heterocycles. The van der Waals surface area contributed by atoms with E-state index in [1.807, 2.05) is 6.21 Å². The Kier molecular flexibility index (Phi) is 5.97. The highest BCUT2D eigenvalue weighted by molar-refractivity contribution is 7.80. The summed E-state index contributed by atoms with van der Waals surface area (Å²) in [6.07, 6.45) is 4.33. The van der Waals surface area contributed by atoms with E-state index in [1.54, 1.807) is 0 Å². The summed E-state index contributed by atoms with van der Waals surface area (Å²) in [7, 11) is 0. The highest BCUT2D eigenvalue weighted by Crippen LogP contribution is 2.18. The van der Waals surface area contributed by atoms with Crippen molar-refractivity contribution in [3.63, 3.8) is 0 Å². The zero-order chi connectivity index (χ0) is 16.1. The van der Waals surface area contributed by atoms with Gasteiger partial charge in [-0.1, -0.05) is 0 Å². The van der Waals surface area contributed by atoms with Crippen LogP contribution in [0.4, 0.5) is 0 Å². The van der Waals surface area contributed by atoms with Gasteiger partial charge in [0, 0.05) is 36.1 Å². The number of hydrazone groups is 1. The molecule has 0 unspecified atom stereocenters. The minimum absolute atomic E-state index is 0.272. The monoisotopic (exact) mass is 322 g/mol. The van der Waals surface area contributed by atoms with E-state index in [9.17, 15) is 0 Å². The maximum atomic E-state index is 5.54. The van der Waals surface area contributed by atoms with Gasteiger partial charge >= 0.3 is 0 Å². The fourth-order valence-electron chi connectivity index (χ4n) is 2.94. The standard InChI is InChI=1S/C16H26N4OS/c1-11(2)20-12(3)8-14(13(20)4)9-18-19-16(22)17-10-15-6-5-7-21-15/h8-9,11,15H,5-7,10H2,1-4H3,(H2,17,19,22)/b18-9-/t15-/m1/s1. The molecular weight excluding hydrogens is 296 g/mol. The summed E-state index contributed by atoms with van der Waals surface area (Å²) in [4.78, 5) is 0. The Hall–Kier alpha value is -1.40. The molecule has 6 heteroatoms. The molecule has 1 fully saturated rings. The van der Waals surface area contributed by atoms with Crippen LogP contribution in [0, 0.1) is 13.8 Å². The average Bonchev–Trinajstić information content (AvgIpc) is 3.05. The molecule has 5 nitrogen and oxygen atoms in total. The van der Waals surface area contributed by atoms with Crippen molar-refractivity contribution < 1.29 is 4.74 Å². The Morgan fingerprint density at radius 2 is 2.32 bits per heavy atom. The van der Waals surface area contributed by atoms with Gasteiger partial charge < -0.3 is 14.6 Å². The summed E-state index contributed by atoms with van der Waals surface area (Å²) in [5, 5.41) is 7.90. The Morgan fingerprint density at radius 3 is 2.91 bits per heavy atom. The molecule has 0 amide bonds. The van der Waals surface area contributed by atoms with E-state index in [2.05, 4.69) is 54.2 Å².